The lowest BCUT2D eigenvalue weighted by atomic mass is 9.64. The van der Waals surface area contributed by atoms with E-state index in [1.807, 2.05) is 20.8 Å². The van der Waals surface area contributed by atoms with Crippen LogP contribution in [0.15, 0.2) is 30.5 Å². The maximum absolute atomic E-state index is 14.8. The predicted octanol–water partition coefficient (Wildman–Crippen LogP) is 5.58. The Labute approximate surface area is 226 Å². The third-order valence-electron chi connectivity index (χ3n) is 11.1. The van der Waals surface area contributed by atoms with E-state index in [-0.39, 0.29) is 22.7 Å². The first-order valence-electron chi connectivity index (χ1n) is 12.9. The highest BCUT2D eigenvalue weighted by atomic mass is 35.5. The van der Waals surface area contributed by atoms with Gasteiger partial charge in [-0.15, -0.1) is 0 Å². The molecule has 1 aromatic carbocycles. The average Bonchev–Trinajstić information content (AvgIpc) is 3.32. The molecule has 1 aromatic rings. The third kappa shape index (κ3) is 2.75. The molecule has 4 atom stereocenters. The molecule has 2 saturated carbocycles. The van der Waals surface area contributed by atoms with Crippen molar-refractivity contribution in [3.63, 3.8) is 0 Å². The number of hydrogen-bond acceptors (Lipinski definition) is 6. The van der Waals surface area contributed by atoms with Crippen LogP contribution in [0.1, 0.15) is 77.6 Å². The first-order chi connectivity index (χ1) is 17.5. The van der Waals surface area contributed by atoms with E-state index in [4.69, 9.17) is 21.1 Å². The lowest BCUT2D eigenvalue weighted by Gasteiger charge is -2.43. The highest BCUT2D eigenvalue weighted by molar-refractivity contribution is 6.32. The number of alkyl halides is 1. The van der Waals surface area contributed by atoms with Gasteiger partial charge in [0.25, 0.3) is 11.8 Å². The number of rotatable bonds is 5. The summed E-state index contributed by atoms with van der Waals surface area (Å²) < 4.78 is 25.8. The zero-order chi connectivity index (χ0) is 28.3. The molecule has 2 aliphatic carbocycles. The van der Waals surface area contributed by atoms with Crippen LogP contribution in [0.3, 0.4) is 0 Å². The number of imide groups is 1. The van der Waals surface area contributed by atoms with Gasteiger partial charge in [0.15, 0.2) is 23.7 Å². The van der Waals surface area contributed by atoms with Gasteiger partial charge in [-0.1, -0.05) is 52.8 Å². The molecule has 2 heterocycles. The molecule has 4 bridgehead atoms. The summed E-state index contributed by atoms with van der Waals surface area (Å²) in [6, 6.07) is 4.03. The summed E-state index contributed by atoms with van der Waals surface area (Å²) in [6.45, 7) is 13.8. The summed E-state index contributed by atoms with van der Waals surface area (Å²) in [6.07, 6.45) is 1.51. The Hall–Kier alpha value is -2.74. The van der Waals surface area contributed by atoms with Crippen molar-refractivity contribution in [1.82, 2.24) is 0 Å². The molecule has 0 aromatic heterocycles. The van der Waals surface area contributed by atoms with E-state index in [1.165, 1.54) is 18.2 Å². The van der Waals surface area contributed by atoms with Crippen LogP contribution >= 0.6 is 11.6 Å². The van der Waals surface area contributed by atoms with Gasteiger partial charge in [0, 0.05) is 26.8 Å². The Balaban J connectivity index is 1.74. The van der Waals surface area contributed by atoms with Gasteiger partial charge in [-0.3, -0.25) is 19.2 Å². The number of halogens is 2. The Kier molecular flexibility index (Phi) is 5.42. The van der Waals surface area contributed by atoms with E-state index in [0.717, 1.165) is 4.90 Å². The largest absolute Gasteiger partial charge is 0.481 e. The molecular weight excluding hydrogens is 513 g/mol. The number of ketones is 1. The number of carbonyl (C=O) groups is 4. The molecule has 2 saturated heterocycles. The number of ether oxygens (including phenoxy) is 2. The van der Waals surface area contributed by atoms with Gasteiger partial charge in [-0.05, 0) is 50.8 Å². The molecule has 204 valence electrons. The van der Waals surface area contributed by atoms with Crippen LogP contribution in [0.4, 0.5) is 10.1 Å². The minimum Gasteiger partial charge on any atom is -0.481 e. The molecule has 0 spiro atoms. The highest BCUT2D eigenvalue weighted by Crippen LogP contribution is 2.70. The molecule has 4 fully saturated rings. The van der Waals surface area contributed by atoms with Gasteiger partial charge in [-0.2, -0.15) is 0 Å². The van der Waals surface area contributed by atoms with Gasteiger partial charge in [-0.25, -0.2) is 9.29 Å². The normalized spacial score (nSPS) is 35.7. The summed E-state index contributed by atoms with van der Waals surface area (Å²) in [5.41, 5.74) is -6.68. The Bertz CT molecular complexity index is 1270. The molecule has 2 amide bonds. The van der Waals surface area contributed by atoms with Crippen molar-refractivity contribution in [2.24, 2.45) is 21.7 Å². The summed E-state index contributed by atoms with van der Waals surface area (Å²) in [7, 11) is 0. The smallest absolute Gasteiger partial charge is 0.313 e. The maximum Gasteiger partial charge on any atom is 0.313 e. The number of nitrogens with zero attached hydrogens (tertiary/aromatic N) is 1. The molecule has 2 aliphatic heterocycles. The van der Waals surface area contributed by atoms with Crippen molar-refractivity contribution in [1.29, 1.82) is 0 Å². The zero-order valence-electron chi connectivity index (χ0n) is 22.6. The molecule has 7 nitrogen and oxygen atoms in total. The number of amides is 2. The number of fused-ring (bicyclic) bond motifs is 4. The molecule has 4 unspecified atom stereocenters. The number of esters is 1. The summed E-state index contributed by atoms with van der Waals surface area (Å²) >= 11 is 6.16. The first-order valence-corrected chi connectivity index (χ1v) is 13.2. The lowest BCUT2D eigenvalue weighted by Crippen LogP contribution is -2.63. The quantitative estimate of drug-likeness (QED) is 0.272. The molecule has 5 rings (SSSR count). The Morgan fingerprint density at radius 2 is 1.45 bits per heavy atom. The van der Waals surface area contributed by atoms with E-state index in [1.54, 1.807) is 20.8 Å². The van der Waals surface area contributed by atoms with Crippen LogP contribution in [0.25, 0.3) is 0 Å². The monoisotopic (exact) mass is 545 g/mol. The van der Waals surface area contributed by atoms with E-state index >= 15 is 0 Å². The van der Waals surface area contributed by atoms with Crippen molar-refractivity contribution in [2.75, 3.05) is 11.6 Å². The van der Waals surface area contributed by atoms with E-state index in [2.05, 4.69) is 6.58 Å². The second kappa shape index (κ2) is 7.68. The molecule has 0 radical (unpaired) electrons. The Morgan fingerprint density at radius 3 is 1.87 bits per heavy atom. The minimum absolute atomic E-state index is 0.117. The fourth-order valence-electron chi connectivity index (χ4n) is 7.30. The number of hydrogen-bond donors (Lipinski definition) is 0. The zero-order valence-corrected chi connectivity index (χ0v) is 23.4. The first kappa shape index (κ1) is 26.9. The maximum atomic E-state index is 14.8. The lowest BCUT2D eigenvalue weighted by molar-refractivity contribution is -0.169. The molecule has 0 N–H and O–H groups in total. The summed E-state index contributed by atoms with van der Waals surface area (Å²) in [4.78, 5) is 56.2. The fourth-order valence-corrected chi connectivity index (χ4v) is 7.47. The Morgan fingerprint density at radius 1 is 0.921 bits per heavy atom. The second-order valence-electron chi connectivity index (χ2n) is 12.6. The second-order valence-corrected chi connectivity index (χ2v) is 13.1. The fraction of sp³-hybridized carbons (Fsp3) is 0.586. The van der Waals surface area contributed by atoms with Crippen molar-refractivity contribution < 1.29 is 33.0 Å². The van der Waals surface area contributed by atoms with Crippen LogP contribution in [0.2, 0.25) is 5.02 Å². The number of carbonyl (C=O) groups excluding carboxylic acids is 4. The van der Waals surface area contributed by atoms with Crippen molar-refractivity contribution in [3.05, 3.63) is 41.1 Å². The van der Waals surface area contributed by atoms with E-state index in [9.17, 15) is 23.6 Å². The number of allylic oxidation sites excluding steroid dienone is 1. The van der Waals surface area contributed by atoms with E-state index < -0.39 is 63.1 Å². The van der Waals surface area contributed by atoms with Crippen molar-refractivity contribution >= 4 is 40.9 Å². The molecule has 38 heavy (non-hydrogen) atoms. The van der Waals surface area contributed by atoms with Gasteiger partial charge >= 0.3 is 5.97 Å². The predicted molar refractivity (Wildman–Crippen MR) is 138 cm³/mol. The van der Waals surface area contributed by atoms with Crippen LogP contribution in [0, 0.1) is 21.7 Å². The van der Waals surface area contributed by atoms with Gasteiger partial charge in [0.2, 0.25) is 0 Å². The molecule has 4 aliphatic rings. The van der Waals surface area contributed by atoms with Crippen molar-refractivity contribution in [2.45, 2.75) is 78.4 Å². The standard InChI is InChI=1S/C29H33ClFNO6/c1-16-26(6)10-12-28(37-16,24(26,2)3)21(34)32(19-9-8-17(30)14-18(19)20(33)15-31)22(35)29-13-11-27(7,23(36)38-29)25(29,4)5/h8-9,14H,1,10-13,15H2,2-7H3. The van der Waals surface area contributed by atoms with Crippen LogP contribution < -0.4 is 4.90 Å². The summed E-state index contributed by atoms with van der Waals surface area (Å²) in [5, 5.41) is 0.141. The summed E-state index contributed by atoms with van der Waals surface area (Å²) in [5.74, 6) is -2.48. The number of benzene rings is 1. The average molecular weight is 546 g/mol. The van der Waals surface area contributed by atoms with Crippen LogP contribution in [-0.2, 0) is 23.9 Å². The van der Waals surface area contributed by atoms with Gasteiger partial charge < -0.3 is 9.47 Å². The minimum atomic E-state index is -1.66. The molecular formula is C29H33ClFNO6. The molecule has 9 heteroatoms. The van der Waals surface area contributed by atoms with Crippen LogP contribution in [-0.4, -0.2) is 41.4 Å². The SMILES string of the molecule is C=C1OC2(C(=O)N(C(=O)C34CCC(C)(C(=O)O3)C4(C)C)c3ccc(Cl)cc3C(=O)CF)CCC1(C)C2(C)C. The topological polar surface area (TPSA) is 90.0 Å². The number of Topliss-reactive ketones (excluding diaryl/α,β-unsaturated/α-hetero) is 1. The van der Waals surface area contributed by atoms with Gasteiger partial charge in [0.1, 0.15) is 0 Å². The highest BCUT2D eigenvalue weighted by Gasteiger charge is 2.79. The van der Waals surface area contributed by atoms with E-state index in [0.29, 0.717) is 25.0 Å². The van der Waals surface area contributed by atoms with Gasteiger partial charge in [0.05, 0.1) is 16.9 Å². The van der Waals surface area contributed by atoms with Crippen LogP contribution in [0.5, 0.6) is 0 Å². The van der Waals surface area contributed by atoms with Crippen molar-refractivity contribution in [3.8, 4) is 0 Å². The third-order valence-corrected chi connectivity index (χ3v) is 11.3. The number of anilines is 1.